The molecule has 0 radical (unpaired) electrons. The molecule has 4 rings (SSSR count). The molecule has 1 N–H and O–H groups in total. The van der Waals surface area contributed by atoms with Gasteiger partial charge in [0.25, 0.3) is 10.0 Å². The lowest BCUT2D eigenvalue weighted by Crippen LogP contribution is -2.13. The first-order valence-electron chi connectivity index (χ1n) is 8.88. The number of aromatic nitrogens is 2. The largest absolute Gasteiger partial charge is 0.280 e. The molecule has 7 nitrogen and oxygen atoms in total. The first-order chi connectivity index (χ1) is 14.2. The third kappa shape index (κ3) is 4.17. The summed E-state index contributed by atoms with van der Waals surface area (Å²) in [5, 5.41) is 9.33. The highest BCUT2D eigenvalue weighted by Gasteiger charge is 2.16. The number of nitrogens with one attached hydrogen (secondary N) is 1. The second-order valence-electron chi connectivity index (χ2n) is 6.72. The third-order valence-corrected chi connectivity index (χ3v) is 6.82. The number of sulfone groups is 1. The van der Waals surface area contributed by atoms with Gasteiger partial charge in [-0.3, -0.25) is 4.72 Å². The van der Waals surface area contributed by atoms with Crippen molar-refractivity contribution in [2.75, 3.05) is 11.0 Å². The van der Waals surface area contributed by atoms with Gasteiger partial charge < -0.3 is 0 Å². The van der Waals surface area contributed by atoms with Crippen LogP contribution in [0.2, 0.25) is 0 Å². The SMILES string of the molecule is CS(=O)(=O)c1ccc(-c2cccc(NS(=O)(=O)c3ccc4ccccc4c3)c2)nn1. The fourth-order valence-electron chi connectivity index (χ4n) is 2.96. The summed E-state index contributed by atoms with van der Waals surface area (Å²) in [6.07, 6.45) is 1.05. The van der Waals surface area contributed by atoms with E-state index in [9.17, 15) is 16.8 Å². The molecule has 3 aromatic carbocycles. The van der Waals surface area contributed by atoms with E-state index >= 15 is 0 Å². The van der Waals surface area contributed by atoms with Crippen molar-refractivity contribution in [1.82, 2.24) is 10.2 Å². The van der Waals surface area contributed by atoms with E-state index in [1.165, 1.54) is 12.1 Å². The molecule has 1 aromatic heterocycles. The van der Waals surface area contributed by atoms with E-state index in [2.05, 4.69) is 14.9 Å². The monoisotopic (exact) mass is 439 g/mol. The molecule has 0 atom stereocenters. The Kier molecular flexibility index (Phi) is 5.00. The molecule has 0 aliphatic rings. The van der Waals surface area contributed by atoms with Crippen LogP contribution in [-0.4, -0.2) is 33.3 Å². The fraction of sp³-hybridized carbons (Fsp3) is 0.0476. The van der Waals surface area contributed by atoms with Gasteiger partial charge in [0.1, 0.15) is 0 Å². The van der Waals surface area contributed by atoms with Crippen molar-refractivity contribution in [3.8, 4) is 11.3 Å². The van der Waals surface area contributed by atoms with Gasteiger partial charge in [-0.2, -0.15) is 0 Å². The van der Waals surface area contributed by atoms with Crippen LogP contribution in [0.15, 0.2) is 88.8 Å². The molecule has 0 unspecified atom stereocenters. The van der Waals surface area contributed by atoms with Crippen LogP contribution in [0.1, 0.15) is 0 Å². The van der Waals surface area contributed by atoms with Crippen LogP contribution in [0.5, 0.6) is 0 Å². The zero-order chi connectivity index (χ0) is 21.4. The van der Waals surface area contributed by atoms with Crippen molar-refractivity contribution in [1.29, 1.82) is 0 Å². The highest BCUT2D eigenvalue weighted by molar-refractivity contribution is 7.92. The Balaban J connectivity index is 1.63. The maximum atomic E-state index is 12.8. The van der Waals surface area contributed by atoms with Gasteiger partial charge in [-0.25, -0.2) is 16.8 Å². The molecule has 0 fully saturated rings. The number of fused-ring (bicyclic) bond motifs is 1. The highest BCUT2D eigenvalue weighted by Crippen LogP contribution is 2.25. The average molecular weight is 440 g/mol. The summed E-state index contributed by atoms with van der Waals surface area (Å²) >= 11 is 0. The van der Waals surface area contributed by atoms with Crippen LogP contribution < -0.4 is 4.72 Å². The molecule has 0 bridgehead atoms. The van der Waals surface area contributed by atoms with Crippen LogP contribution in [0.3, 0.4) is 0 Å². The summed E-state index contributed by atoms with van der Waals surface area (Å²) in [7, 11) is -7.24. The zero-order valence-corrected chi connectivity index (χ0v) is 17.5. The quantitative estimate of drug-likeness (QED) is 0.510. The van der Waals surface area contributed by atoms with Gasteiger partial charge in [0, 0.05) is 17.5 Å². The lowest BCUT2D eigenvalue weighted by Gasteiger charge is -2.10. The normalized spacial score (nSPS) is 12.0. The number of sulfonamides is 1. The molecule has 0 spiro atoms. The molecule has 9 heteroatoms. The lowest BCUT2D eigenvalue weighted by molar-refractivity contribution is 0.595. The standard InChI is InChI=1S/C21H17N3O4S2/c1-29(25,26)21-12-11-20(22-23-21)17-7-4-8-18(13-17)24-30(27,28)19-10-9-15-5-2-3-6-16(15)14-19/h2-14,24H,1H3. The van der Waals surface area contributed by atoms with Gasteiger partial charge in [0.05, 0.1) is 10.6 Å². The van der Waals surface area contributed by atoms with Crippen LogP contribution in [0.4, 0.5) is 5.69 Å². The Morgan fingerprint density at radius 1 is 0.733 bits per heavy atom. The second-order valence-corrected chi connectivity index (χ2v) is 10.4. The number of hydrogen-bond acceptors (Lipinski definition) is 6. The maximum Gasteiger partial charge on any atom is 0.261 e. The lowest BCUT2D eigenvalue weighted by atomic mass is 10.1. The van der Waals surface area contributed by atoms with E-state index in [-0.39, 0.29) is 9.92 Å². The Hall–Kier alpha value is -3.30. The van der Waals surface area contributed by atoms with Crippen LogP contribution in [0.25, 0.3) is 22.0 Å². The molecule has 0 aliphatic heterocycles. The van der Waals surface area contributed by atoms with E-state index in [4.69, 9.17) is 0 Å². The van der Waals surface area contributed by atoms with E-state index < -0.39 is 19.9 Å². The zero-order valence-electron chi connectivity index (χ0n) is 15.8. The number of anilines is 1. The summed E-state index contributed by atoms with van der Waals surface area (Å²) in [4.78, 5) is 0.156. The highest BCUT2D eigenvalue weighted by atomic mass is 32.2. The first-order valence-corrected chi connectivity index (χ1v) is 12.3. The number of benzene rings is 3. The van der Waals surface area contributed by atoms with E-state index in [1.807, 2.05) is 24.3 Å². The van der Waals surface area contributed by atoms with E-state index in [0.717, 1.165) is 17.0 Å². The van der Waals surface area contributed by atoms with Crippen molar-refractivity contribution in [2.24, 2.45) is 0 Å². The number of hydrogen-bond donors (Lipinski definition) is 1. The van der Waals surface area contributed by atoms with Crippen LogP contribution in [0, 0.1) is 0 Å². The van der Waals surface area contributed by atoms with Crippen molar-refractivity contribution in [3.63, 3.8) is 0 Å². The number of rotatable bonds is 5. The Bertz CT molecular complexity index is 1450. The smallest absolute Gasteiger partial charge is 0.261 e. The molecule has 0 amide bonds. The molecular weight excluding hydrogens is 422 g/mol. The Labute approximate surface area is 174 Å². The first kappa shape index (κ1) is 20.0. The molecule has 0 saturated carbocycles. The van der Waals surface area contributed by atoms with Crippen LogP contribution >= 0.6 is 0 Å². The molecule has 0 saturated heterocycles. The van der Waals surface area contributed by atoms with Crippen molar-refractivity contribution in [2.45, 2.75) is 9.92 Å². The summed E-state index contributed by atoms with van der Waals surface area (Å²) in [5.41, 5.74) is 1.38. The Morgan fingerprint density at radius 3 is 2.20 bits per heavy atom. The van der Waals surface area contributed by atoms with Gasteiger partial charge in [-0.15, -0.1) is 10.2 Å². The third-order valence-electron chi connectivity index (χ3n) is 4.46. The predicted molar refractivity (Wildman–Crippen MR) is 115 cm³/mol. The average Bonchev–Trinajstić information content (AvgIpc) is 2.73. The molecule has 1 heterocycles. The molecule has 0 aliphatic carbocycles. The van der Waals surface area contributed by atoms with E-state index in [1.54, 1.807) is 42.5 Å². The minimum absolute atomic E-state index is 0.126. The molecule has 4 aromatic rings. The number of nitrogens with zero attached hydrogens (tertiary/aromatic N) is 2. The second kappa shape index (κ2) is 7.51. The molecule has 152 valence electrons. The maximum absolute atomic E-state index is 12.8. The summed E-state index contributed by atoms with van der Waals surface area (Å²) in [6.45, 7) is 0. The molecular formula is C21H17N3O4S2. The topological polar surface area (TPSA) is 106 Å². The predicted octanol–water partition coefficient (Wildman–Crippen LogP) is 3.50. The summed E-state index contributed by atoms with van der Waals surface area (Å²) < 4.78 is 51.3. The van der Waals surface area contributed by atoms with E-state index in [0.29, 0.717) is 16.9 Å². The van der Waals surface area contributed by atoms with Gasteiger partial charge in [0.15, 0.2) is 14.9 Å². The fourth-order valence-corrected chi connectivity index (χ4v) is 4.55. The van der Waals surface area contributed by atoms with Crippen molar-refractivity contribution in [3.05, 3.63) is 78.9 Å². The van der Waals surface area contributed by atoms with Crippen molar-refractivity contribution < 1.29 is 16.8 Å². The molecule has 30 heavy (non-hydrogen) atoms. The van der Waals surface area contributed by atoms with Crippen molar-refractivity contribution >= 4 is 36.3 Å². The minimum Gasteiger partial charge on any atom is -0.280 e. The van der Waals surface area contributed by atoms with Gasteiger partial charge in [-0.1, -0.05) is 42.5 Å². The van der Waals surface area contributed by atoms with Crippen LogP contribution in [-0.2, 0) is 19.9 Å². The van der Waals surface area contributed by atoms with Gasteiger partial charge >= 0.3 is 0 Å². The summed E-state index contributed by atoms with van der Waals surface area (Å²) in [5.74, 6) is 0. The van der Waals surface area contributed by atoms with Gasteiger partial charge in [-0.05, 0) is 47.2 Å². The minimum atomic E-state index is -3.80. The Morgan fingerprint density at radius 2 is 1.50 bits per heavy atom. The van der Waals surface area contributed by atoms with Gasteiger partial charge in [0.2, 0.25) is 0 Å². The summed E-state index contributed by atoms with van der Waals surface area (Å²) in [6, 6.07) is 22.0.